The molecule has 0 aliphatic heterocycles. The molecule has 0 saturated heterocycles. The maximum absolute atomic E-state index is 12.5. The summed E-state index contributed by atoms with van der Waals surface area (Å²) in [4.78, 5) is 11.2. The van der Waals surface area contributed by atoms with E-state index in [4.69, 9.17) is 14.2 Å². The van der Waals surface area contributed by atoms with E-state index in [1.165, 1.54) is 27.4 Å². The molecule has 0 fully saturated rings. The number of amides is 1. The second kappa shape index (κ2) is 9.16. The van der Waals surface area contributed by atoms with Crippen molar-refractivity contribution in [2.45, 2.75) is 12.6 Å². The van der Waals surface area contributed by atoms with Crippen LogP contribution in [0.4, 0.5) is 18.9 Å². The number of hydrogen-bond acceptors (Lipinski definition) is 4. The van der Waals surface area contributed by atoms with Crippen molar-refractivity contribution in [3.63, 3.8) is 0 Å². The van der Waals surface area contributed by atoms with E-state index in [0.29, 0.717) is 29.2 Å². The summed E-state index contributed by atoms with van der Waals surface area (Å²) in [6, 6.07) is 9.80. The summed E-state index contributed by atoms with van der Waals surface area (Å²) in [5.41, 5.74) is 1.41. The molecule has 2 aromatic carbocycles. The van der Waals surface area contributed by atoms with Crippen molar-refractivity contribution in [2.75, 3.05) is 26.6 Å². The summed E-state index contributed by atoms with van der Waals surface area (Å²) in [6.45, 7) is 0. The van der Waals surface area contributed by atoms with Gasteiger partial charge in [0.25, 0.3) is 0 Å². The van der Waals surface area contributed by atoms with Crippen LogP contribution in [0.5, 0.6) is 17.2 Å². The minimum atomic E-state index is -4.95. The lowest BCUT2D eigenvalue weighted by Gasteiger charge is -2.13. The summed E-state index contributed by atoms with van der Waals surface area (Å²) in [7, 11) is 4.51. The molecular formula is C20H20F3NO4. The van der Waals surface area contributed by atoms with Gasteiger partial charge in [0.05, 0.1) is 21.3 Å². The van der Waals surface area contributed by atoms with Crippen LogP contribution in [0, 0.1) is 0 Å². The molecule has 0 spiro atoms. The standard InChI is InChI=1S/C20H20F3NO4/c1-26-16-11-13(12-17(27-2)18(16)28-3)7-6-9-14-8-4-5-10-15(14)24-19(25)20(21,22)23/h4-8,10-12H,9H2,1-3H3,(H,24,25)/b7-6+. The van der Waals surface area contributed by atoms with Crippen molar-refractivity contribution in [2.24, 2.45) is 0 Å². The number of carbonyl (C=O) groups is 1. The molecule has 0 atom stereocenters. The average Bonchev–Trinajstić information content (AvgIpc) is 2.67. The second-order valence-electron chi connectivity index (χ2n) is 5.67. The molecule has 2 aromatic rings. The third-order valence-electron chi connectivity index (χ3n) is 3.86. The van der Waals surface area contributed by atoms with Crippen LogP contribution in [0.25, 0.3) is 6.08 Å². The number of benzene rings is 2. The molecule has 0 aliphatic carbocycles. The monoisotopic (exact) mass is 395 g/mol. The molecule has 0 bridgehead atoms. The van der Waals surface area contributed by atoms with Gasteiger partial charge in [-0.25, -0.2) is 0 Å². The van der Waals surface area contributed by atoms with Gasteiger partial charge in [-0.15, -0.1) is 0 Å². The lowest BCUT2D eigenvalue weighted by atomic mass is 10.1. The Bertz CT molecular complexity index is 838. The van der Waals surface area contributed by atoms with Crippen LogP contribution < -0.4 is 19.5 Å². The lowest BCUT2D eigenvalue weighted by Crippen LogP contribution is -2.30. The summed E-state index contributed by atoms with van der Waals surface area (Å²) in [5.74, 6) is -0.574. The lowest BCUT2D eigenvalue weighted by molar-refractivity contribution is -0.167. The minimum absolute atomic E-state index is 0.111. The van der Waals surface area contributed by atoms with E-state index < -0.39 is 12.1 Å². The second-order valence-corrected chi connectivity index (χ2v) is 5.67. The molecule has 5 nitrogen and oxygen atoms in total. The Morgan fingerprint density at radius 3 is 2.18 bits per heavy atom. The number of alkyl halides is 3. The molecule has 0 heterocycles. The number of rotatable bonds is 7. The predicted molar refractivity (Wildman–Crippen MR) is 100.0 cm³/mol. The Hall–Kier alpha value is -3.16. The van der Waals surface area contributed by atoms with Crippen molar-refractivity contribution in [3.8, 4) is 17.2 Å². The first-order valence-electron chi connectivity index (χ1n) is 8.22. The van der Waals surface area contributed by atoms with E-state index in [-0.39, 0.29) is 5.69 Å². The smallest absolute Gasteiger partial charge is 0.471 e. The van der Waals surface area contributed by atoms with Crippen molar-refractivity contribution in [1.29, 1.82) is 0 Å². The fourth-order valence-electron chi connectivity index (χ4n) is 2.53. The zero-order valence-electron chi connectivity index (χ0n) is 15.6. The Labute approximate surface area is 160 Å². The first-order chi connectivity index (χ1) is 13.3. The highest BCUT2D eigenvalue weighted by molar-refractivity contribution is 5.95. The molecule has 1 amide bonds. The van der Waals surface area contributed by atoms with Crippen LogP contribution in [0.1, 0.15) is 11.1 Å². The molecule has 0 radical (unpaired) electrons. The normalized spacial score (nSPS) is 11.4. The van der Waals surface area contributed by atoms with E-state index in [2.05, 4.69) is 0 Å². The number of hydrogen-bond donors (Lipinski definition) is 1. The Kier molecular flexibility index (Phi) is 6.92. The first-order valence-corrected chi connectivity index (χ1v) is 8.22. The van der Waals surface area contributed by atoms with E-state index in [0.717, 1.165) is 5.56 Å². The molecule has 2 rings (SSSR count). The highest BCUT2D eigenvalue weighted by atomic mass is 19.4. The maximum atomic E-state index is 12.5. The fourth-order valence-corrected chi connectivity index (χ4v) is 2.53. The number of anilines is 1. The fraction of sp³-hybridized carbons (Fsp3) is 0.250. The molecule has 0 aliphatic rings. The maximum Gasteiger partial charge on any atom is 0.471 e. The summed E-state index contributed by atoms with van der Waals surface area (Å²) in [5, 5.41) is 1.90. The van der Waals surface area contributed by atoms with Gasteiger partial charge in [-0.05, 0) is 35.7 Å². The highest BCUT2D eigenvalue weighted by Gasteiger charge is 2.38. The quantitative estimate of drug-likeness (QED) is 0.752. The van der Waals surface area contributed by atoms with E-state index in [9.17, 15) is 18.0 Å². The van der Waals surface area contributed by atoms with Crippen molar-refractivity contribution >= 4 is 17.7 Å². The first kappa shape index (κ1) is 21.1. The third kappa shape index (κ3) is 5.18. The summed E-state index contributed by atoms with van der Waals surface area (Å²) < 4.78 is 53.3. The van der Waals surface area contributed by atoms with Crippen molar-refractivity contribution in [1.82, 2.24) is 0 Å². The van der Waals surface area contributed by atoms with Crippen LogP contribution in [0.15, 0.2) is 42.5 Å². The van der Waals surface area contributed by atoms with Gasteiger partial charge >= 0.3 is 12.1 Å². The molecule has 0 saturated carbocycles. The Balaban J connectivity index is 2.21. The van der Waals surface area contributed by atoms with Crippen LogP contribution in [-0.2, 0) is 11.2 Å². The van der Waals surface area contributed by atoms with E-state index in [1.54, 1.807) is 42.5 Å². The third-order valence-corrected chi connectivity index (χ3v) is 3.86. The van der Waals surface area contributed by atoms with Gasteiger partial charge in [-0.2, -0.15) is 13.2 Å². The van der Waals surface area contributed by atoms with Gasteiger partial charge in [0.1, 0.15) is 0 Å². The van der Waals surface area contributed by atoms with Gasteiger partial charge < -0.3 is 19.5 Å². The van der Waals surface area contributed by atoms with E-state index >= 15 is 0 Å². The molecule has 0 aromatic heterocycles. The van der Waals surface area contributed by atoms with Gasteiger partial charge in [0, 0.05) is 5.69 Å². The number of para-hydroxylation sites is 1. The number of halogens is 3. The zero-order chi connectivity index (χ0) is 20.7. The van der Waals surface area contributed by atoms with Crippen LogP contribution in [-0.4, -0.2) is 33.4 Å². The van der Waals surface area contributed by atoms with Crippen LogP contribution in [0.3, 0.4) is 0 Å². The zero-order valence-corrected chi connectivity index (χ0v) is 15.6. The molecular weight excluding hydrogens is 375 g/mol. The molecule has 1 N–H and O–H groups in total. The van der Waals surface area contributed by atoms with Crippen LogP contribution >= 0.6 is 0 Å². The number of methoxy groups -OCH3 is 3. The highest BCUT2D eigenvalue weighted by Crippen LogP contribution is 2.38. The number of allylic oxidation sites excluding steroid dienone is 1. The minimum Gasteiger partial charge on any atom is -0.493 e. The molecule has 8 heteroatoms. The largest absolute Gasteiger partial charge is 0.493 e. The van der Waals surface area contributed by atoms with Crippen LogP contribution in [0.2, 0.25) is 0 Å². The molecule has 28 heavy (non-hydrogen) atoms. The molecule has 150 valence electrons. The SMILES string of the molecule is COc1cc(/C=C/Cc2ccccc2NC(=O)C(F)(F)F)cc(OC)c1OC. The summed E-state index contributed by atoms with van der Waals surface area (Å²) >= 11 is 0. The molecule has 0 unspecified atom stereocenters. The number of carbonyl (C=O) groups excluding carboxylic acids is 1. The number of nitrogens with one attached hydrogen (secondary N) is 1. The van der Waals surface area contributed by atoms with Gasteiger partial charge in [0.2, 0.25) is 5.75 Å². The average molecular weight is 395 g/mol. The van der Waals surface area contributed by atoms with Gasteiger partial charge in [-0.1, -0.05) is 30.4 Å². The Morgan fingerprint density at radius 2 is 1.64 bits per heavy atom. The topological polar surface area (TPSA) is 56.8 Å². The predicted octanol–water partition coefficient (Wildman–Crippen LogP) is 4.47. The number of ether oxygens (including phenoxy) is 3. The van der Waals surface area contributed by atoms with E-state index in [1.807, 2.05) is 5.32 Å². The Morgan fingerprint density at radius 1 is 1.04 bits per heavy atom. The van der Waals surface area contributed by atoms with Crippen molar-refractivity contribution in [3.05, 3.63) is 53.6 Å². The van der Waals surface area contributed by atoms with Gasteiger partial charge in [-0.3, -0.25) is 4.79 Å². The van der Waals surface area contributed by atoms with Gasteiger partial charge in [0.15, 0.2) is 11.5 Å². The summed E-state index contributed by atoms with van der Waals surface area (Å²) in [6.07, 6.45) is -1.10. The van der Waals surface area contributed by atoms with Crippen molar-refractivity contribution < 1.29 is 32.2 Å².